The Morgan fingerprint density at radius 3 is 1.64 bits per heavy atom. The van der Waals surface area contributed by atoms with E-state index in [1.165, 1.54) is 0 Å². The topological polar surface area (TPSA) is 43.4 Å². The lowest BCUT2D eigenvalue weighted by Crippen LogP contribution is -2.20. The Bertz CT molecular complexity index is 172. The number of rotatable bonds is 2. The molecule has 0 bridgehead atoms. The molecular weight excluding hydrogens is 191 g/mol. The van der Waals surface area contributed by atoms with E-state index in [4.69, 9.17) is 27.9 Å². The second-order valence-corrected chi connectivity index (χ2v) is 3.04. The Hall–Kier alpha value is -0.120. The van der Waals surface area contributed by atoms with Crippen LogP contribution < -0.4 is 0 Å². The summed E-state index contributed by atoms with van der Waals surface area (Å²) < 4.78 is 4.92. The first kappa shape index (κ1) is 8.97. The molecule has 2 atom stereocenters. The molecule has 62 valence electrons. The molecule has 11 heavy (non-hydrogen) atoms. The second-order valence-electron chi connectivity index (χ2n) is 2.30. The Morgan fingerprint density at radius 1 is 1.09 bits per heavy atom. The normalized spacial score (nSPS) is 30.4. The van der Waals surface area contributed by atoms with Crippen molar-refractivity contribution < 1.29 is 14.3 Å². The minimum atomic E-state index is -0.649. The molecule has 0 amide bonds. The van der Waals surface area contributed by atoms with E-state index in [1.807, 2.05) is 0 Å². The van der Waals surface area contributed by atoms with Crippen LogP contribution >= 0.6 is 23.2 Å². The maximum atomic E-state index is 10.5. The van der Waals surface area contributed by atoms with Crippen LogP contribution in [-0.4, -0.2) is 22.7 Å². The molecule has 0 aromatic carbocycles. The maximum Gasteiger partial charge on any atom is 0.250 e. The lowest BCUT2D eigenvalue weighted by Gasteiger charge is -2.04. The summed E-state index contributed by atoms with van der Waals surface area (Å²) in [6, 6.07) is 0. The molecule has 0 saturated carbocycles. The van der Waals surface area contributed by atoms with Crippen LogP contribution in [0.3, 0.4) is 0 Å². The number of hydrogen-bond acceptors (Lipinski definition) is 3. The Kier molecular flexibility index (Phi) is 2.87. The van der Waals surface area contributed by atoms with Crippen LogP contribution in [0, 0.1) is 0 Å². The summed E-state index contributed by atoms with van der Waals surface area (Å²) in [4.78, 5) is 21.0. The molecule has 0 spiro atoms. The number of carbonyl (C=O) groups is 2. The predicted octanol–water partition coefficient (Wildman–Crippen LogP) is 1.06. The van der Waals surface area contributed by atoms with Crippen molar-refractivity contribution >= 4 is 33.7 Å². The van der Waals surface area contributed by atoms with Crippen LogP contribution in [0.1, 0.15) is 12.8 Å². The summed E-state index contributed by atoms with van der Waals surface area (Å²) in [5.74, 6) is 0. The van der Waals surface area contributed by atoms with Crippen LogP contribution in [0.25, 0.3) is 0 Å². The fraction of sp³-hybridized carbons (Fsp3) is 0.667. The molecule has 2 unspecified atom stereocenters. The van der Waals surface area contributed by atoms with Gasteiger partial charge in [0.05, 0.1) is 0 Å². The Balaban J connectivity index is 2.47. The highest BCUT2D eigenvalue weighted by Gasteiger charge is 2.32. The average Bonchev–Trinajstić information content (AvgIpc) is 2.33. The fourth-order valence-corrected chi connectivity index (χ4v) is 1.29. The molecule has 1 rings (SSSR count). The SMILES string of the molecule is O=C(Cl)C1CCC(C(=O)Cl)O1. The highest BCUT2D eigenvalue weighted by atomic mass is 35.5. The zero-order valence-electron chi connectivity index (χ0n) is 5.55. The molecule has 1 aliphatic rings. The van der Waals surface area contributed by atoms with Crippen LogP contribution in [0.15, 0.2) is 0 Å². The minimum Gasteiger partial charge on any atom is -0.357 e. The maximum absolute atomic E-state index is 10.5. The molecule has 0 N–H and O–H groups in total. The fourth-order valence-electron chi connectivity index (χ4n) is 0.971. The highest BCUT2D eigenvalue weighted by molar-refractivity contribution is 6.65. The standard InChI is InChI=1S/C6H6Cl2O3/c7-5(9)3-1-2-4(11-3)6(8)10/h3-4H,1-2H2. The van der Waals surface area contributed by atoms with Gasteiger partial charge in [0.25, 0.3) is 10.5 Å². The van der Waals surface area contributed by atoms with E-state index < -0.39 is 22.7 Å². The van der Waals surface area contributed by atoms with Crippen molar-refractivity contribution in [2.24, 2.45) is 0 Å². The number of hydrogen-bond donors (Lipinski definition) is 0. The predicted molar refractivity (Wildman–Crippen MR) is 39.6 cm³/mol. The van der Waals surface area contributed by atoms with Crippen molar-refractivity contribution in [3.8, 4) is 0 Å². The summed E-state index contributed by atoms with van der Waals surface area (Å²) in [5.41, 5.74) is 0. The third kappa shape index (κ3) is 2.15. The molecule has 0 aromatic rings. The zero-order chi connectivity index (χ0) is 8.43. The van der Waals surface area contributed by atoms with Gasteiger partial charge in [-0.2, -0.15) is 0 Å². The third-order valence-corrected chi connectivity index (χ3v) is 2.01. The van der Waals surface area contributed by atoms with Gasteiger partial charge in [-0.05, 0) is 36.0 Å². The van der Waals surface area contributed by atoms with Crippen LogP contribution in [0.2, 0.25) is 0 Å². The average molecular weight is 197 g/mol. The van der Waals surface area contributed by atoms with E-state index in [9.17, 15) is 9.59 Å². The van der Waals surface area contributed by atoms with Crippen molar-refractivity contribution in [1.82, 2.24) is 0 Å². The van der Waals surface area contributed by atoms with Crippen molar-refractivity contribution in [2.75, 3.05) is 0 Å². The molecule has 0 aliphatic carbocycles. The quantitative estimate of drug-likeness (QED) is 0.621. The molecule has 0 radical (unpaired) electrons. The van der Waals surface area contributed by atoms with Crippen molar-refractivity contribution in [3.63, 3.8) is 0 Å². The summed E-state index contributed by atoms with van der Waals surface area (Å²) >= 11 is 10.3. The number of carbonyl (C=O) groups excluding carboxylic acids is 2. The van der Waals surface area contributed by atoms with E-state index in [0.717, 1.165) is 0 Å². The minimum absolute atomic E-state index is 0.478. The Labute approximate surface area is 73.6 Å². The van der Waals surface area contributed by atoms with Gasteiger partial charge in [-0.3, -0.25) is 9.59 Å². The van der Waals surface area contributed by atoms with Crippen molar-refractivity contribution in [3.05, 3.63) is 0 Å². The first-order chi connectivity index (χ1) is 5.11. The molecule has 0 aromatic heterocycles. The molecular formula is C6H6Cl2O3. The van der Waals surface area contributed by atoms with E-state index >= 15 is 0 Å². The first-order valence-corrected chi connectivity index (χ1v) is 3.91. The van der Waals surface area contributed by atoms with Gasteiger partial charge in [0.1, 0.15) is 12.2 Å². The molecule has 5 heteroatoms. The lowest BCUT2D eigenvalue weighted by atomic mass is 10.2. The summed E-state index contributed by atoms with van der Waals surface area (Å²) in [5, 5.41) is -1.13. The van der Waals surface area contributed by atoms with E-state index in [2.05, 4.69) is 0 Å². The van der Waals surface area contributed by atoms with Gasteiger partial charge in [0.2, 0.25) is 0 Å². The van der Waals surface area contributed by atoms with Gasteiger partial charge in [0, 0.05) is 0 Å². The summed E-state index contributed by atoms with van der Waals surface area (Å²) in [6.45, 7) is 0. The number of ether oxygens (including phenoxy) is 1. The van der Waals surface area contributed by atoms with Gasteiger partial charge >= 0.3 is 0 Å². The monoisotopic (exact) mass is 196 g/mol. The Morgan fingerprint density at radius 2 is 1.45 bits per heavy atom. The van der Waals surface area contributed by atoms with E-state index in [0.29, 0.717) is 12.8 Å². The number of halogens is 2. The van der Waals surface area contributed by atoms with Gasteiger partial charge in [-0.15, -0.1) is 0 Å². The highest BCUT2D eigenvalue weighted by Crippen LogP contribution is 2.22. The van der Waals surface area contributed by atoms with Crippen LogP contribution in [0.4, 0.5) is 0 Å². The summed E-state index contributed by atoms with van der Waals surface area (Å²) in [7, 11) is 0. The van der Waals surface area contributed by atoms with E-state index in [-0.39, 0.29) is 0 Å². The van der Waals surface area contributed by atoms with E-state index in [1.54, 1.807) is 0 Å². The summed E-state index contributed by atoms with van der Waals surface area (Å²) in [6.07, 6.45) is -0.342. The molecule has 3 nitrogen and oxygen atoms in total. The van der Waals surface area contributed by atoms with Crippen molar-refractivity contribution in [1.29, 1.82) is 0 Å². The van der Waals surface area contributed by atoms with Gasteiger partial charge in [-0.25, -0.2) is 0 Å². The smallest absolute Gasteiger partial charge is 0.250 e. The van der Waals surface area contributed by atoms with Gasteiger partial charge < -0.3 is 4.74 Å². The third-order valence-electron chi connectivity index (χ3n) is 1.53. The second kappa shape index (κ2) is 3.52. The van der Waals surface area contributed by atoms with Crippen LogP contribution in [0.5, 0.6) is 0 Å². The molecule has 1 aliphatic heterocycles. The largest absolute Gasteiger partial charge is 0.357 e. The van der Waals surface area contributed by atoms with Crippen molar-refractivity contribution in [2.45, 2.75) is 25.0 Å². The molecule has 1 fully saturated rings. The zero-order valence-corrected chi connectivity index (χ0v) is 7.06. The van der Waals surface area contributed by atoms with Crippen LogP contribution in [-0.2, 0) is 14.3 Å². The van der Waals surface area contributed by atoms with Gasteiger partial charge in [-0.1, -0.05) is 0 Å². The first-order valence-electron chi connectivity index (χ1n) is 3.15. The molecule has 1 saturated heterocycles. The molecule has 1 heterocycles. The van der Waals surface area contributed by atoms with Gasteiger partial charge in [0.15, 0.2) is 0 Å². The lowest BCUT2D eigenvalue weighted by molar-refractivity contribution is -0.127.